The molecule has 146 valence electrons. The molecule has 0 fully saturated rings. The summed E-state index contributed by atoms with van der Waals surface area (Å²) in [7, 11) is 1.57. The fourth-order valence-electron chi connectivity index (χ4n) is 3.08. The molecule has 1 N–H and O–H groups in total. The van der Waals surface area contributed by atoms with Crippen LogP contribution in [0, 0.1) is 0 Å². The van der Waals surface area contributed by atoms with Crippen molar-refractivity contribution in [2.45, 2.75) is 6.92 Å². The molecule has 3 heterocycles. The van der Waals surface area contributed by atoms with Gasteiger partial charge in [-0.3, -0.25) is 9.78 Å². The Morgan fingerprint density at radius 1 is 1.03 bits per heavy atom. The van der Waals surface area contributed by atoms with Crippen LogP contribution in [0.1, 0.15) is 27.6 Å². The molecule has 2 bridgehead atoms. The van der Waals surface area contributed by atoms with E-state index in [9.17, 15) is 9.59 Å². The van der Waals surface area contributed by atoms with Crippen LogP contribution < -0.4 is 10.1 Å². The van der Waals surface area contributed by atoms with E-state index in [0.29, 0.717) is 51.6 Å². The molecule has 0 saturated heterocycles. The van der Waals surface area contributed by atoms with Gasteiger partial charge in [0.2, 0.25) is 0 Å². The SMILES string of the molecule is CCOC(=O)c1ccc(NC(=O)c2c(-c3ccc(OC)cn3)c3ccc2o3)cc1. The number of fused-ring (bicyclic) bond motifs is 2. The molecule has 0 saturated carbocycles. The van der Waals surface area contributed by atoms with E-state index in [0.717, 1.165) is 0 Å². The zero-order valence-corrected chi connectivity index (χ0v) is 15.9. The Morgan fingerprint density at radius 2 is 1.79 bits per heavy atom. The number of esters is 1. The Hall–Kier alpha value is -3.87. The fourth-order valence-corrected chi connectivity index (χ4v) is 3.08. The molecule has 4 rings (SSSR count). The Morgan fingerprint density at radius 3 is 2.45 bits per heavy atom. The minimum absolute atomic E-state index is 0.304. The summed E-state index contributed by atoms with van der Waals surface area (Å²) in [5.41, 5.74) is 3.69. The van der Waals surface area contributed by atoms with Crippen LogP contribution in [0.2, 0.25) is 0 Å². The molecule has 1 aromatic carbocycles. The molecule has 0 aliphatic rings. The molecule has 0 spiro atoms. The number of nitrogens with one attached hydrogen (secondary N) is 1. The standard InChI is InChI=1S/C22H18N2O5/c1-3-28-22(26)13-4-6-14(7-5-13)24-21(25)20-18-11-10-17(29-18)19(20)16-9-8-15(27-2)12-23-16/h4-12H,3H2,1-2H3,(H,24,25). The van der Waals surface area contributed by atoms with Crippen LogP contribution in [0.5, 0.6) is 5.75 Å². The molecule has 3 aromatic heterocycles. The van der Waals surface area contributed by atoms with Crippen molar-refractivity contribution >= 4 is 28.7 Å². The Balaban J connectivity index is 1.60. The average molecular weight is 390 g/mol. The van der Waals surface area contributed by atoms with Gasteiger partial charge >= 0.3 is 5.97 Å². The molecule has 0 radical (unpaired) electrons. The molecule has 7 heteroatoms. The minimum atomic E-state index is -0.403. The predicted octanol–water partition coefficient (Wildman–Crippen LogP) is 4.37. The highest BCUT2D eigenvalue weighted by atomic mass is 16.5. The monoisotopic (exact) mass is 390 g/mol. The number of aromatic nitrogens is 1. The maximum Gasteiger partial charge on any atom is 0.338 e. The van der Waals surface area contributed by atoms with Gasteiger partial charge in [-0.1, -0.05) is 0 Å². The maximum atomic E-state index is 13.0. The van der Waals surface area contributed by atoms with Gasteiger partial charge in [0.15, 0.2) is 0 Å². The van der Waals surface area contributed by atoms with Gasteiger partial charge in [0.1, 0.15) is 16.9 Å². The van der Waals surface area contributed by atoms with E-state index in [4.69, 9.17) is 13.9 Å². The molecular weight excluding hydrogens is 372 g/mol. The van der Waals surface area contributed by atoms with E-state index in [1.54, 1.807) is 62.7 Å². The van der Waals surface area contributed by atoms with Gasteiger partial charge < -0.3 is 19.2 Å². The number of pyridine rings is 1. The highest BCUT2D eigenvalue weighted by Gasteiger charge is 2.25. The maximum absolute atomic E-state index is 13.0. The van der Waals surface area contributed by atoms with Crippen LogP contribution in [0.4, 0.5) is 5.69 Å². The van der Waals surface area contributed by atoms with Gasteiger partial charge in [0.25, 0.3) is 5.91 Å². The van der Waals surface area contributed by atoms with E-state index >= 15 is 0 Å². The lowest BCUT2D eigenvalue weighted by molar-refractivity contribution is 0.0526. The minimum Gasteiger partial charge on any atom is -0.495 e. The number of benzene rings is 2. The second-order valence-corrected chi connectivity index (χ2v) is 6.25. The molecule has 0 atom stereocenters. The first-order valence-electron chi connectivity index (χ1n) is 9.04. The van der Waals surface area contributed by atoms with Gasteiger partial charge in [-0.15, -0.1) is 0 Å². The second-order valence-electron chi connectivity index (χ2n) is 6.25. The number of methoxy groups -OCH3 is 1. The Labute approximate surface area is 166 Å². The van der Waals surface area contributed by atoms with Crippen LogP contribution in [-0.2, 0) is 4.74 Å². The van der Waals surface area contributed by atoms with Gasteiger partial charge in [0.05, 0.1) is 42.3 Å². The fraction of sp³-hybridized carbons (Fsp3) is 0.136. The zero-order chi connectivity index (χ0) is 20.4. The number of carbonyl (C=O) groups is 2. The van der Waals surface area contributed by atoms with Crippen molar-refractivity contribution in [2.75, 3.05) is 19.0 Å². The van der Waals surface area contributed by atoms with E-state index in [1.165, 1.54) is 0 Å². The third-order valence-corrected chi connectivity index (χ3v) is 4.46. The quantitative estimate of drug-likeness (QED) is 0.492. The third-order valence-electron chi connectivity index (χ3n) is 4.46. The number of hydrogen-bond acceptors (Lipinski definition) is 6. The molecule has 29 heavy (non-hydrogen) atoms. The van der Waals surface area contributed by atoms with E-state index in [1.807, 2.05) is 6.07 Å². The third kappa shape index (κ3) is 3.50. The van der Waals surface area contributed by atoms with Crippen molar-refractivity contribution in [3.63, 3.8) is 0 Å². The summed E-state index contributed by atoms with van der Waals surface area (Å²) in [6.07, 6.45) is 1.59. The normalized spacial score (nSPS) is 10.8. The summed E-state index contributed by atoms with van der Waals surface area (Å²) in [6.45, 7) is 2.05. The van der Waals surface area contributed by atoms with Crippen LogP contribution in [0.15, 0.2) is 59.1 Å². The molecule has 0 unspecified atom stereocenters. The number of nitrogens with zero attached hydrogens (tertiary/aromatic N) is 1. The first kappa shape index (κ1) is 18.5. The van der Waals surface area contributed by atoms with Crippen molar-refractivity contribution in [2.24, 2.45) is 0 Å². The van der Waals surface area contributed by atoms with Gasteiger partial charge in [-0.05, 0) is 55.5 Å². The lowest BCUT2D eigenvalue weighted by Crippen LogP contribution is -2.13. The summed E-state index contributed by atoms with van der Waals surface area (Å²) in [5, 5.41) is 2.84. The molecule has 4 aromatic rings. The highest BCUT2D eigenvalue weighted by Crippen LogP contribution is 2.36. The lowest BCUT2D eigenvalue weighted by atomic mass is 10.0. The van der Waals surface area contributed by atoms with Crippen molar-refractivity contribution in [3.8, 4) is 17.0 Å². The van der Waals surface area contributed by atoms with Crippen LogP contribution >= 0.6 is 0 Å². The first-order valence-corrected chi connectivity index (χ1v) is 9.04. The van der Waals surface area contributed by atoms with Crippen LogP contribution in [-0.4, -0.2) is 30.6 Å². The van der Waals surface area contributed by atoms with Gasteiger partial charge in [-0.2, -0.15) is 0 Å². The molecule has 7 nitrogen and oxygen atoms in total. The molecule has 1 amide bonds. The summed E-state index contributed by atoms with van der Waals surface area (Å²) in [4.78, 5) is 29.1. The van der Waals surface area contributed by atoms with E-state index in [2.05, 4.69) is 10.3 Å². The largest absolute Gasteiger partial charge is 0.495 e. The van der Waals surface area contributed by atoms with Crippen LogP contribution in [0.3, 0.4) is 0 Å². The topological polar surface area (TPSA) is 90.7 Å². The number of ether oxygens (including phenoxy) is 2. The van der Waals surface area contributed by atoms with Gasteiger partial charge in [0, 0.05) is 5.69 Å². The van der Waals surface area contributed by atoms with Crippen molar-refractivity contribution in [3.05, 3.63) is 65.9 Å². The predicted molar refractivity (Wildman–Crippen MR) is 108 cm³/mol. The lowest BCUT2D eigenvalue weighted by Gasteiger charge is -2.08. The molecule has 0 aliphatic heterocycles. The highest BCUT2D eigenvalue weighted by molar-refractivity contribution is 6.16. The summed E-state index contributed by atoms with van der Waals surface area (Å²) in [5.74, 6) is -0.102. The average Bonchev–Trinajstić information content (AvgIpc) is 3.36. The summed E-state index contributed by atoms with van der Waals surface area (Å²) in [6, 6.07) is 13.6. The number of carbonyl (C=O) groups excluding carboxylic acids is 2. The molecular formula is C22H18N2O5. The summed E-state index contributed by atoms with van der Waals surface area (Å²) >= 11 is 0. The Kier molecular flexibility index (Phi) is 4.87. The molecule has 0 aliphatic carbocycles. The number of hydrogen-bond donors (Lipinski definition) is 1. The Bertz CT molecular complexity index is 1150. The summed E-state index contributed by atoms with van der Waals surface area (Å²) < 4.78 is 15.8. The second kappa shape index (κ2) is 7.63. The van der Waals surface area contributed by atoms with Crippen LogP contribution in [0.25, 0.3) is 22.4 Å². The van der Waals surface area contributed by atoms with Crippen molar-refractivity contribution < 1.29 is 23.5 Å². The van der Waals surface area contributed by atoms with Gasteiger partial charge in [-0.25, -0.2) is 4.79 Å². The number of anilines is 1. The van der Waals surface area contributed by atoms with Crippen molar-refractivity contribution in [1.82, 2.24) is 4.98 Å². The van der Waals surface area contributed by atoms with E-state index in [-0.39, 0.29) is 5.91 Å². The zero-order valence-electron chi connectivity index (χ0n) is 15.9. The van der Waals surface area contributed by atoms with E-state index < -0.39 is 5.97 Å². The number of furan rings is 2. The first-order chi connectivity index (χ1) is 14.1. The smallest absolute Gasteiger partial charge is 0.338 e. The number of rotatable bonds is 6. The van der Waals surface area contributed by atoms with Crippen molar-refractivity contribution in [1.29, 1.82) is 0 Å². The number of amides is 1.